The Labute approximate surface area is 77.7 Å². The summed E-state index contributed by atoms with van der Waals surface area (Å²) in [6.45, 7) is 2.15. The highest BCUT2D eigenvalue weighted by molar-refractivity contribution is 5.78. The van der Waals surface area contributed by atoms with E-state index in [9.17, 15) is 9.90 Å². The minimum atomic E-state index is -1.50. The molecule has 0 bridgehead atoms. The molecule has 0 aromatic carbocycles. The SMILES string of the molecule is COC(=O)C(C)(O)CNCCCO. The van der Waals surface area contributed by atoms with E-state index < -0.39 is 11.6 Å². The van der Waals surface area contributed by atoms with Gasteiger partial charge in [0.2, 0.25) is 0 Å². The first-order valence-electron chi connectivity index (χ1n) is 4.17. The molecule has 0 radical (unpaired) electrons. The lowest BCUT2D eigenvalue weighted by Crippen LogP contribution is -2.45. The Balaban J connectivity index is 3.69. The highest BCUT2D eigenvalue weighted by atomic mass is 16.5. The summed E-state index contributed by atoms with van der Waals surface area (Å²) >= 11 is 0. The molecule has 0 amide bonds. The van der Waals surface area contributed by atoms with Gasteiger partial charge in [0.1, 0.15) is 0 Å². The van der Waals surface area contributed by atoms with E-state index in [1.807, 2.05) is 0 Å². The van der Waals surface area contributed by atoms with Crippen molar-refractivity contribution in [3.8, 4) is 0 Å². The second-order valence-corrected chi connectivity index (χ2v) is 3.02. The molecule has 0 aliphatic carbocycles. The summed E-state index contributed by atoms with van der Waals surface area (Å²) in [6.07, 6.45) is 0.594. The van der Waals surface area contributed by atoms with Crippen molar-refractivity contribution in [1.82, 2.24) is 5.32 Å². The van der Waals surface area contributed by atoms with Crippen molar-refractivity contribution < 1.29 is 19.7 Å². The molecule has 0 aromatic heterocycles. The fourth-order valence-corrected chi connectivity index (χ4v) is 0.828. The largest absolute Gasteiger partial charge is 0.467 e. The first-order chi connectivity index (χ1) is 6.04. The quantitative estimate of drug-likeness (QED) is 0.366. The van der Waals surface area contributed by atoms with Crippen LogP contribution in [0.2, 0.25) is 0 Å². The average molecular weight is 191 g/mol. The van der Waals surface area contributed by atoms with Crippen LogP contribution in [-0.2, 0) is 9.53 Å². The molecule has 5 nitrogen and oxygen atoms in total. The van der Waals surface area contributed by atoms with Gasteiger partial charge in [-0.15, -0.1) is 0 Å². The number of ether oxygens (including phenoxy) is 1. The van der Waals surface area contributed by atoms with Crippen LogP contribution in [0, 0.1) is 0 Å². The van der Waals surface area contributed by atoms with E-state index in [0.717, 1.165) is 0 Å². The van der Waals surface area contributed by atoms with E-state index in [2.05, 4.69) is 10.1 Å². The molecular weight excluding hydrogens is 174 g/mol. The lowest BCUT2D eigenvalue weighted by Gasteiger charge is -2.20. The van der Waals surface area contributed by atoms with Gasteiger partial charge in [0, 0.05) is 13.2 Å². The zero-order valence-electron chi connectivity index (χ0n) is 8.04. The fourth-order valence-electron chi connectivity index (χ4n) is 0.828. The topological polar surface area (TPSA) is 78.8 Å². The molecule has 1 atom stereocenters. The molecule has 0 spiro atoms. The lowest BCUT2D eigenvalue weighted by atomic mass is 10.1. The summed E-state index contributed by atoms with van der Waals surface area (Å²) in [6, 6.07) is 0. The highest BCUT2D eigenvalue weighted by Gasteiger charge is 2.30. The lowest BCUT2D eigenvalue weighted by molar-refractivity contribution is -0.159. The molecular formula is C8H17NO4. The summed E-state index contributed by atoms with van der Waals surface area (Å²) in [5, 5.41) is 20.8. The Bertz CT molecular complexity index is 158. The van der Waals surface area contributed by atoms with Crippen molar-refractivity contribution in [2.45, 2.75) is 18.9 Å². The predicted molar refractivity (Wildman–Crippen MR) is 47.2 cm³/mol. The number of nitrogens with one attached hydrogen (secondary N) is 1. The summed E-state index contributed by atoms with van der Waals surface area (Å²) in [4.78, 5) is 10.9. The molecule has 5 heteroatoms. The number of hydrogen-bond acceptors (Lipinski definition) is 5. The molecule has 0 aliphatic rings. The van der Waals surface area contributed by atoms with Crippen molar-refractivity contribution in [3.05, 3.63) is 0 Å². The van der Waals surface area contributed by atoms with Gasteiger partial charge in [-0.3, -0.25) is 0 Å². The fraction of sp³-hybridized carbons (Fsp3) is 0.875. The molecule has 0 heterocycles. The Hall–Kier alpha value is -0.650. The molecule has 0 aliphatic heterocycles. The second-order valence-electron chi connectivity index (χ2n) is 3.02. The van der Waals surface area contributed by atoms with Gasteiger partial charge in [-0.2, -0.15) is 0 Å². The van der Waals surface area contributed by atoms with E-state index in [4.69, 9.17) is 5.11 Å². The van der Waals surface area contributed by atoms with Crippen molar-refractivity contribution in [3.63, 3.8) is 0 Å². The van der Waals surface area contributed by atoms with Crippen molar-refractivity contribution >= 4 is 5.97 Å². The zero-order chi connectivity index (χ0) is 10.3. The first kappa shape index (κ1) is 12.3. The molecule has 0 saturated heterocycles. The van der Waals surface area contributed by atoms with E-state index >= 15 is 0 Å². The number of methoxy groups -OCH3 is 1. The van der Waals surface area contributed by atoms with E-state index in [1.54, 1.807) is 0 Å². The Morgan fingerprint density at radius 3 is 2.69 bits per heavy atom. The third-order valence-electron chi connectivity index (χ3n) is 1.61. The first-order valence-corrected chi connectivity index (χ1v) is 4.17. The molecule has 78 valence electrons. The highest BCUT2D eigenvalue weighted by Crippen LogP contribution is 2.03. The number of rotatable bonds is 6. The van der Waals surface area contributed by atoms with Crippen LogP contribution < -0.4 is 5.32 Å². The summed E-state index contributed by atoms with van der Waals surface area (Å²) in [7, 11) is 1.23. The minimum Gasteiger partial charge on any atom is -0.467 e. The van der Waals surface area contributed by atoms with Gasteiger partial charge in [0.05, 0.1) is 7.11 Å². The third kappa shape index (κ3) is 4.82. The maximum Gasteiger partial charge on any atom is 0.338 e. The summed E-state index contributed by atoms with van der Waals surface area (Å²) in [5.41, 5.74) is -1.50. The van der Waals surface area contributed by atoms with Crippen LogP contribution in [0.4, 0.5) is 0 Å². The van der Waals surface area contributed by atoms with Gasteiger partial charge < -0.3 is 20.3 Å². The predicted octanol–water partition coefficient (Wildman–Crippen LogP) is -1.12. The maximum atomic E-state index is 10.9. The van der Waals surface area contributed by atoms with Gasteiger partial charge >= 0.3 is 5.97 Å². The molecule has 0 rings (SSSR count). The molecule has 0 aromatic rings. The van der Waals surface area contributed by atoms with E-state index in [0.29, 0.717) is 13.0 Å². The van der Waals surface area contributed by atoms with Crippen LogP contribution >= 0.6 is 0 Å². The normalized spacial score (nSPS) is 15.1. The Morgan fingerprint density at radius 1 is 1.62 bits per heavy atom. The standard InChI is InChI=1S/C8H17NO4/c1-8(12,7(11)13-2)6-9-4-3-5-10/h9-10,12H,3-6H2,1-2H3. The molecule has 3 N–H and O–H groups in total. The summed E-state index contributed by atoms with van der Waals surface area (Å²) < 4.78 is 4.39. The number of aliphatic hydroxyl groups excluding tert-OH is 1. The van der Waals surface area contributed by atoms with Gasteiger partial charge in [-0.05, 0) is 19.9 Å². The van der Waals surface area contributed by atoms with Crippen LogP contribution in [-0.4, -0.2) is 48.6 Å². The Kier molecular flexibility index (Phi) is 5.61. The Morgan fingerprint density at radius 2 is 2.23 bits per heavy atom. The number of hydrogen-bond donors (Lipinski definition) is 3. The number of esters is 1. The van der Waals surface area contributed by atoms with Crippen LogP contribution in [0.3, 0.4) is 0 Å². The summed E-state index contributed by atoms with van der Waals surface area (Å²) in [5.74, 6) is -0.663. The van der Waals surface area contributed by atoms with Gasteiger partial charge in [-0.25, -0.2) is 4.79 Å². The third-order valence-corrected chi connectivity index (χ3v) is 1.61. The smallest absolute Gasteiger partial charge is 0.338 e. The monoisotopic (exact) mass is 191 g/mol. The van der Waals surface area contributed by atoms with Crippen LogP contribution in [0.5, 0.6) is 0 Å². The number of carbonyl (C=O) groups is 1. The van der Waals surface area contributed by atoms with E-state index in [1.165, 1.54) is 14.0 Å². The molecule has 0 fully saturated rings. The maximum absolute atomic E-state index is 10.9. The van der Waals surface area contributed by atoms with Gasteiger partial charge in [0.25, 0.3) is 0 Å². The minimum absolute atomic E-state index is 0.0906. The average Bonchev–Trinajstić information content (AvgIpc) is 2.11. The second kappa shape index (κ2) is 5.90. The zero-order valence-corrected chi connectivity index (χ0v) is 8.04. The van der Waals surface area contributed by atoms with Crippen molar-refractivity contribution in [2.75, 3.05) is 26.8 Å². The number of aliphatic hydroxyl groups is 2. The molecule has 13 heavy (non-hydrogen) atoms. The number of carbonyl (C=O) groups excluding carboxylic acids is 1. The van der Waals surface area contributed by atoms with Crippen LogP contribution in [0.1, 0.15) is 13.3 Å². The molecule has 1 unspecified atom stereocenters. The van der Waals surface area contributed by atoms with Crippen molar-refractivity contribution in [2.24, 2.45) is 0 Å². The van der Waals surface area contributed by atoms with Gasteiger partial charge in [0.15, 0.2) is 5.60 Å². The molecule has 0 saturated carbocycles. The van der Waals surface area contributed by atoms with Crippen LogP contribution in [0.15, 0.2) is 0 Å². The van der Waals surface area contributed by atoms with E-state index in [-0.39, 0.29) is 13.2 Å². The van der Waals surface area contributed by atoms with Gasteiger partial charge in [-0.1, -0.05) is 0 Å². The van der Waals surface area contributed by atoms with Crippen LogP contribution in [0.25, 0.3) is 0 Å². The van der Waals surface area contributed by atoms with Crippen molar-refractivity contribution in [1.29, 1.82) is 0 Å².